The van der Waals surface area contributed by atoms with Crippen LogP contribution in [0.1, 0.15) is 5.56 Å². The molecule has 172 valence electrons. The number of nitrogens with one attached hydrogen (secondary N) is 1. The molecule has 0 saturated carbocycles. The number of para-hydroxylation sites is 1. The smallest absolute Gasteiger partial charge is 0.264 e. The van der Waals surface area contributed by atoms with E-state index in [-0.39, 0.29) is 4.90 Å². The van der Waals surface area contributed by atoms with Gasteiger partial charge in [-0.2, -0.15) is 5.10 Å². The minimum Gasteiger partial charge on any atom is -0.493 e. The van der Waals surface area contributed by atoms with Gasteiger partial charge in [0.15, 0.2) is 11.5 Å². The molecule has 10 heteroatoms. The number of carbonyl (C=O) groups excluding carboxylic acids is 1. The third kappa shape index (κ3) is 5.91. The average molecular weight is 532 g/mol. The minimum atomic E-state index is -3.99. The maximum absolute atomic E-state index is 13.3. The van der Waals surface area contributed by atoms with Gasteiger partial charge in [0.25, 0.3) is 15.9 Å². The van der Waals surface area contributed by atoms with Gasteiger partial charge < -0.3 is 9.47 Å². The highest BCUT2D eigenvalue weighted by Gasteiger charge is 2.27. The quantitative estimate of drug-likeness (QED) is 0.334. The Labute approximate surface area is 201 Å². The fraction of sp³-hybridized carbons (Fsp3) is 0.130. The summed E-state index contributed by atoms with van der Waals surface area (Å²) in [4.78, 5) is 12.7. The first-order valence-corrected chi connectivity index (χ1v) is 12.0. The summed E-state index contributed by atoms with van der Waals surface area (Å²) in [5.74, 6) is 0.361. The molecule has 0 aliphatic rings. The topological polar surface area (TPSA) is 97.3 Å². The van der Waals surface area contributed by atoms with Crippen molar-refractivity contribution in [3.05, 3.63) is 82.8 Å². The van der Waals surface area contributed by atoms with Crippen LogP contribution in [0, 0.1) is 0 Å². The Balaban J connectivity index is 1.83. The number of nitrogens with zero attached hydrogens (tertiary/aromatic N) is 2. The van der Waals surface area contributed by atoms with Gasteiger partial charge in [0.1, 0.15) is 6.54 Å². The number of methoxy groups -OCH3 is 2. The number of amides is 1. The van der Waals surface area contributed by atoms with Crippen LogP contribution >= 0.6 is 15.9 Å². The molecule has 0 atom stereocenters. The molecular weight excluding hydrogens is 510 g/mol. The summed E-state index contributed by atoms with van der Waals surface area (Å²) in [7, 11) is -0.974. The maximum Gasteiger partial charge on any atom is 0.264 e. The summed E-state index contributed by atoms with van der Waals surface area (Å²) < 4.78 is 38.9. The van der Waals surface area contributed by atoms with E-state index in [1.165, 1.54) is 32.6 Å². The standard InChI is InChI=1S/C23H22BrN3O5S/c1-31-21-10-6-7-17(23(21)32-2)15-25-26-22(28)16-27(19-13-11-18(24)12-14-19)33(29,30)20-8-4-3-5-9-20/h3-15H,16H2,1-2H3,(H,26,28)/b25-15-. The van der Waals surface area contributed by atoms with Crippen molar-refractivity contribution in [2.75, 3.05) is 25.1 Å². The van der Waals surface area contributed by atoms with Gasteiger partial charge in [0.2, 0.25) is 0 Å². The van der Waals surface area contributed by atoms with Crippen LogP contribution in [-0.2, 0) is 14.8 Å². The Kier molecular flexibility index (Phi) is 8.07. The molecule has 33 heavy (non-hydrogen) atoms. The first-order valence-electron chi connectivity index (χ1n) is 9.73. The van der Waals surface area contributed by atoms with Gasteiger partial charge in [-0.25, -0.2) is 13.8 Å². The fourth-order valence-corrected chi connectivity index (χ4v) is 4.70. The summed E-state index contributed by atoms with van der Waals surface area (Å²) in [6.07, 6.45) is 1.40. The van der Waals surface area contributed by atoms with Crippen LogP contribution in [-0.4, -0.2) is 41.3 Å². The predicted molar refractivity (Wildman–Crippen MR) is 130 cm³/mol. The van der Waals surface area contributed by atoms with E-state index in [4.69, 9.17) is 9.47 Å². The SMILES string of the molecule is COc1cccc(/C=N\NC(=O)CN(c2ccc(Br)cc2)S(=O)(=O)c2ccccc2)c1OC. The average Bonchev–Trinajstić information content (AvgIpc) is 2.83. The van der Waals surface area contributed by atoms with Crippen LogP contribution in [0.15, 0.2) is 87.3 Å². The monoisotopic (exact) mass is 531 g/mol. The highest BCUT2D eigenvalue weighted by molar-refractivity contribution is 9.10. The van der Waals surface area contributed by atoms with E-state index in [1.807, 2.05) is 0 Å². The first-order chi connectivity index (χ1) is 15.9. The van der Waals surface area contributed by atoms with Gasteiger partial charge in [-0.3, -0.25) is 9.10 Å². The van der Waals surface area contributed by atoms with E-state index in [0.717, 1.165) is 8.78 Å². The number of carbonyl (C=O) groups is 1. The first kappa shape index (κ1) is 24.3. The maximum atomic E-state index is 13.3. The van der Waals surface area contributed by atoms with Crippen molar-refractivity contribution in [3.63, 3.8) is 0 Å². The lowest BCUT2D eigenvalue weighted by atomic mass is 10.2. The second-order valence-electron chi connectivity index (χ2n) is 6.68. The molecule has 1 N–H and O–H groups in total. The predicted octanol–water partition coefficient (Wildman–Crippen LogP) is 3.81. The van der Waals surface area contributed by atoms with Gasteiger partial charge >= 0.3 is 0 Å². The number of benzene rings is 3. The van der Waals surface area contributed by atoms with Crippen LogP contribution in [0.4, 0.5) is 5.69 Å². The van der Waals surface area contributed by atoms with Crippen LogP contribution in [0.5, 0.6) is 11.5 Å². The Bertz CT molecular complexity index is 1230. The third-order valence-corrected chi connectivity index (χ3v) is 6.88. The zero-order valence-corrected chi connectivity index (χ0v) is 20.3. The Morgan fingerprint density at radius 3 is 2.33 bits per heavy atom. The third-order valence-electron chi connectivity index (χ3n) is 4.56. The Hall–Kier alpha value is -3.37. The van der Waals surface area contributed by atoms with E-state index in [2.05, 4.69) is 26.5 Å². The van der Waals surface area contributed by atoms with Crippen LogP contribution < -0.4 is 19.2 Å². The molecule has 3 aromatic rings. The zero-order valence-electron chi connectivity index (χ0n) is 17.9. The van der Waals surface area contributed by atoms with Gasteiger partial charge in [0, 0.05) is 10.0 Å². The number of hydrazone groups is 1. The van der Waals surface area contributed by atoms with Gasteiger partial charge in [-0.1, -0.05) is 40.2 Å². The molecule has 0 bridgehead atoms. The largest absolute Gasteiger partial charge is 0.493 e. The number of hydrogen-bond acceptors (Lipinski definition) is 6. The normalized spacial score (nSPS) is 11.2. The summed E-state index contributed by atoms with van der Waals surface area (Å²) >= 11 is 3.33. The van der Waals surface area contributed by atoms with Crippen molar-refractivity contribution >= 4 is 43.8 Å². The molecule has 3 rings (SSSR count). The van der Waals surface area contributed by atoms with Crippen molar-refractivity contribution in [3.8, 4) is 11.5 Å². The highest BCUT2D eigenvalue weighted by Crippen LogP contribution is 2.29. The summed E-state index contributed by atoms with van der Waals surface area (Å²) in [6, 6.07) is 19.8. The highest BCUT2D eigenvalue weighted by atomic mass is 79.9. The van der Waals surface area contributed by atoms with Crippen LogP contribution in [0.3, 0.4) is 0 Å². The Morgan fingerprint density at radius 2 is 1.70 bits per heavy atom. The van der Waals surface area contributed by atoms with Crippen molar-refractivity contribution in [1.29, 1.82) is 0 Å². The van der Waals surface area contributed by atoms with E-state index in [9.17, 15) is 13.2 Å². The number of rotatable bonds is 9. The van der Waals surface area contributed by atoms with E-state index in [1.54, 1.807) is 60.7 Å². The van der Waals surface area contributed by atoms with Crippen molar-refractivity contribution in [2.24, 2.45) is 5.10 Å². The molecule has 0 aliphatic heterocycles. The number of ether oxygens (including phenoxy) is 2. The Morgan fingerprint density at radius 1 is 1.00 bits per heavy atom. The molecular formula is C23H22BrN3O5S. The van der Waals surface area contributed by atoms with E-state index >= 15 is 0 Å². The molecule has 1 amide bonds. The lowest BCUT2D eigenvalue weighted by Gasteiger charge is -2.23. The van der Waals surface area contributed by atoms with Gasteiger partial charge in [-0.05, 0) is 48.5 Å². The molecule has 0 unspecified atom stereocenters. The van der Waals surface area contributed by atoms with Crippen LogP contribution in [0.25, 0.3) is 0 Å². The lowest BCUT2D eigenvalue weighted by molar-refractivity contribution is -0.119. The fourth-order valence-electron chi connectivity index (χ4n) is 3.00. The van der Waals surface area contributed by atoms with E-state index < -0.39 is 22.5 Å². The molecule has 0 aromatic heterocycles. The zero-order chi connectivity index (χ0) is 23.8. The van der Waals surface area contributed by atoms with Gasteiger partial charge in [-0.15, -0.1) is 0 Å². The molecule has 0 spiro atoms. The molecule has 0 radical (unpaired) electrons. The van der Waals surface area contributed by atoms with E-state index in [0.29, 0.717) is 22.7 Å². The lowest BCUT2D eigenvalue weighted by Crippen LogP contribution is -2.39. The van der Waals surface area contributed by atoms with Crippen molar-refractivity contribution < 1.29 is 22.7 Å². The number of anilines is 1. The summed E-state index contributed by atoms with van der Waals surface area (Å²) in [5, 5.41) is 3.95. The summed E-state index contributed by atoms with van der Waals surface area (Å²) in [6.45, 7) is -0.467. The summed E-state index contributed by atoms with van der Waals surface area (Å²) in [5.41, 5.74) is 3.30. The second-order valence-corrected chi connectivity index (χ2v) is 9.46. The molecule has 0 saturated heterocycles. The van der Waals surface area contributed by atoms with Gasteiger partial charge in [0.05, 0.1) is 31.0 Å². The van der Waals surface area contributed by atoms with Crippen molar-refractivity contribution in [1.82, 2.24) is 5.43 Å². The number of halogens is 1. The van der Waals surface area contributed by atoms with Crippen molar-refractivity contribution in [2.45, 2.75) is 4.90 Å². The molecule has 0 aliphatic carbocycles. The minimum absolute atomic E-state index is 0.0744. The molecule has 0 heterocycles. The van der Waals surface area contributed by atoms with Crippen LogP contribution in [0.2, 0.25) is 0 Å². The number of hydrogen-bond donors (Lipinski definition) is 1. The molecule has 0 fully saturated rings. The number of sulfonamides is 1. The molecule has 8 nitrogen and oxygen atoms in total. The molecule has 3 aromatic carbocycles. The second kappa shape index (κ2) is 11.0.